The second-order valence-corrected chi connectivity index (χ2v) is 14.8. The van der Waals surface area contributed by atoms with E-state index in [-0.39, 0.29) is 19.4 Å². The van der Waals surface area contributed by atoms with Crippen LogP contribution < -0.4 is 0 Å². The number of aliphatic hydroxyl groups is 2. The quantitative estimate of drug-likeness (QED) is 0.0243. The second-order valence-electron chi connectivity index (χ2n) is 13.3. The monoisotopic (exact) mass is 744 g/mol. The highest BCUT2D eigenvalue weighted by Crippen LogP contribution is 2.43. The van der Waals surface area contributed by atoms with Crippen LogP contribution in [0.5, 0.6) is 0 Å². The van der Waals surface area contributed by atoms with Gasteiger partial charge >= 0.3 is 19.8 Å². The van der Waals surface area contributed by atoms with E-state index in [1.165, 1.54) is 57.8 Å². The number of hydrogen-bond acceptors (Lipinski definition) is 9. The van der Waals surface area contributed by atoms with E-state index in [2.05, 4.69) is 54.8 Å². The summed E-state index contributed by atoms with van der Waals surface area (Å²) < 4.78 is 32.6. The molecule has 0 aromatic carbocycles. The Kier molecular flexibility index (Phi) is 35.2. The Morgan fingerprint density at radius 1 is 0.588 bits per heavy atom. The summed E-state index contributed by atoms with van der Waals surface area (Å²) in [5, 5.41) is 18.3. The number of ether oxygens (including phenoxy) is 2. The zero-order valence-electron chi connectivity index (χ0n) is 32.1. The van der Waals surface area contributed by atoms with Crippen molar-refractivity contribution in [3.63, 3.8) is 0 Å². The van der Waals surface area contributed by atoms with Crippen LogP contribution >= 0.6 is 7.82 Å². The minimum absolute atomic E-state index is 0.172. The van der Waals surface area contributed by atoms with Crippen molar-refractivity contribution in [3.05, 3.63) is 36.5 Å². The molecule has 0 fully saturated rings. The highest BCUT2D eigenvalue weighted by molar-refractivity contribution is 7.47. The fraction of sp³-hybridized carbons (Fsp3) is 0.800. The predicted molar refractivity (Wildman–Crippen MR) is 205 cm³/mol. The third-order valence-corrected chi connectivity index (χ3v) is 9.22. The fourth-order valence-corrected chi connectivity index (χ4v) is 5.91. The molecule has 10 nitrogen and oxygen atoms in total. The number of rotatable bonds is 37. The van der Waals surface area contributed by atoms with E-state index in [0.717, 1.165) is 70.6 Å². The maximum atomic E-state index is 12.5. The lowest BCUT2D eigenvalue weighted by molar-refractivity contribution is -0.161. The lowest BCUT2D eigenvalue weighted by Crippen LogP contribution is -2.29. The lowest BCUT2D eigenvalue weighted by atomic mass is 10.1. The van der Waals surface area contributed by atoms with Crippen LogP contribution in [-0.4, -0.2) is 65.7 Å². The summed E-state index contributed by atoms with van der Waals surface area (Å²) in [6.07, 6.45) is 35.4. The van der Waals surface area contributed by atoms with Crippen molar-refractivity contribution in [2.24, 2.45) is 0 Å². The minimum Gasteiger partial charge on any atom is -0.462 e. The van der Waals surface area contributed by atoms with Crippen LogP contribution in [0.1, 0.15) is 168 Å². The summed E-state index contributed by atoms with van der Waals surface area (Å²) in [7, 11) is -4.61. The molecular formula is C40H73O10P. The van der Waals surface area contributed by atoms with Crippen molar-refractivity contribution < 1.29 is 47.8 Å². The van der Waals surface area contributed by atoms with Gasteiger partial charge in [0, 0.05) is 12.8 Å². The maximum Gasteiger partial charge on any atom is 0.472 e. The molecule has 0 rings (SSSR count). The van der Waals surface area contributed by atoms with Crippen molar-refractivity contribution in [3.8, 4) is 0 Å². The van der Waals surface area contributed by atoms with E-state index in [0.29, 0.717) is 12.8 Å². The molecule has 0 saturated carbocycles. The van der Waals surface area contributed by atoms with Crippen molar-refractivity contribution in [2.75, 3.05) is 26.4 Å². The highest BCUT2D eigenvalue weighted by Gasteiger charge is 2.27. The van der Waals surface area contributed by atoms with Crippen molar-refractivity contribution >= 4 is 19.8 Å². The van der Waals surface area contributed by atoms with Gasteiger partial charge < -0.3 is 24.6 Å². The Hall–Kier alpha value is -1.81. The van der Waals surface area contributed by atoms with Crippen LogP contribution in [0.3, 0.4) is 0 Å². The Balaban J connectivity index is 4.33. The van der Waals surface area contributed by atoms with E-state index in [1.807, 2.05) is 0 Å². The molecule has 3 N–H and O–H groups in total. The molecule has 0 aliphatic heterocycles. The molecule has 0 saturated heterocycles. The minimum atomic E-state index is -4.61. The van der Waals surface area contributed by atoms with E-state index >= 15 is 0 Å². The van der Waals surface area contributed by atoms with Crippen LogP contribution in [0.15, 0.2) is 36.5 Å². The molecule has 0 aliphatic carbocycles. The van der Waals surface area contributed by atoms with Gasteiger partial charge in [0.25, 0.3) is 0 Å². The first kappa shape index (κ1) is 49.2. The van der Waals surface area contributed by atoms with Crippen LogP contribution in [0.4, 0.5) is 0 Å². The largest absolute Gasteiger partial charge is 0.472 e. The van der Waals surface area contributed by atoms with E-state index in [4.69, 9.17) is 19.1 Å². The molecular weight excluding hydrogens is 671 g/mol. The summed E-state index contributed by atoms with van der Waals surface area (Å²) >= 11 is 0. The molecule has 0 aromatic rings. The number of unbranched alkanes of at least 4 members (excludes halogenated alkanes) is 17. The van der Waals surface area contributed by atoms with E-state index in [9.17, 15) is 24.2 Å². The fourth-order valence-electron chi connectivity index (χ4n) is 5.12. The molecule has 0 spiro atoms. The van der Waals surface area contributed by atoms with Crippen LogP contribution in [0.25, 0.3) is 0 Å². The van der Waals surface area contributed by atoms with Gasteiger partial charge in [-0.2, -0.15) is 0 Å². The normalized spacial score (nSPS) is 14.4. The molecule has 0 aliphatic rings. The Morgan fingerprint density at radius 2 is 1.04 bits per heavy atom. The Bertz CT molecular complexity index is 952. The first-order chi connectivity index (χ1) is 24.7. The standard InChI is InChI=1S/C40H73O10P/c1-3-5-7-9-11-13-15-16-17-18-19-20-22-23-25-27-29-31-39(43)47-35-38(36-49-51(45,46)48-34-37(42)33-41)50-40(44)32-30-28-26-24-21-14-12-10-8-6-4-2/h10-13,16-17,37-38,41-42H,3-9,14-15,18-36H2,1-2H3,(H,45,46)/b12-10+,13-11+,17-16+/t37-,38+/m1/s1. The van der Waals surface area contributed by atoms with Crippen LogP contribution in [0, 0.1) is 0 Å². The lowest BCUT2D eigenvalue weighted by Gasteiger charge is -2.20. The zero-order valence-corrected chi connectivity index (χ0v) is 33.0. The number of carbonyl (C=O) groups is 2. The average molecular weight is 745 g/mol. The SMILES string of the molecule is CCCC/C=C/CCCCCCCC(=O)O[C@@H](COC(=O)CCCCCCCCC/C=C/C/C=C/CCCCC)COP(=O)(O)OC[C@H](O)CO. The van der Waals surface area contributed by atoms with E-state index < -0.39 is 51.8 Å². The topological polar surface area (TPSA) is 149 Å². The summed E-state index contributed by atoms with van der Waals surface area (Å²) in [6.45, 7) is 2.28. The molecule has 11 heteroatoms. The molecule has 0 amide bonds. The van der Waals surface area contributed by atoms with Gasteiger partial charge in [0.05, 0.1) is 19.8 Å². The van der Waals surface area contributed by atoms with Crippen molar-refractivity contribution in [1.82, 2.24) is 0 Å². The van der Waals surface area contributed by atoms with E-state index in [1.54, 1.807) is 0 Å². The van der Waals surface area contributed by atoms with Gasteiger partial charge in [-0.3, -0.25) is 18.6 Å². The summed E-state index contributed by atoms with van der Waals surface area (Å²) in [5.74, 6) is -0.947. The number of allylic oxidation sites excluding steroid dienone is 6. The number of aliphatic hydroxyl groups excluding tert-OH is 2. The van der Waals surface area contributed by atoms with Crippen LogP contribution in [-0.2, 0) is 32.7 Å². The zero-order chi connectivity index (χ0) is 37.7. The molecule has 0 heterocycles. The Labute approximate surface area is 310 Å². The van der Waals surface area contributed by atoms with Gasteiger partial charge in [0.2, 0.25) is 0 Å². The molecule has 298 valence electrons. The van der Waals surface area contributed by atoms with Gasteiger partial charge in [-0.1, -0.05) is 127 Å². The number of hydrogen-bond donors (Lipinski definition) is 3. The number of phosphoric acid groups is 1. The predicted octanol–water partition coefficient (Wildman–Crippen LogP) is 10.00. The third kappa shape index (κ3) is 36.3. The smallest absolute Gasteiger partial charge is 0.462 e. The highest BCUT2D eigenvalue weighted by atomic mass is 31.2. The molecule has 0 radical (unpaired) electrons. The maximum absolute atomic E-state index is 12.5. The molecule has 0 aromatic heterocycles. The molecule has 0 bridgehead atoms. The average Bonchev–Trinajstić information content (AvgIpc) is 3.12. The number of phosphoric ester groups is 1. The third-order valence-electron chi connectivity index (χ3n) is 8.27. The molecule has 1 unspecified atom stereocenters. The van der Waals surface area contributed by atoms with Gasteiger partial charge in [0.15, 0.2) is 6.10 Å². The first-order valence-corrected chi connectivity index (χ1v) is 21.4. The number of carbonyl (C=O) groups excluding carboxylic acids is 2. The second kappa shape index (κ2) is 36.5. The molecule has 3 atom stereocenters. The number of esters is 2. The Morgan fingerprint density at radius 3 is 1.59 bits per heavy atom. The molecule has 51 heavy (non-hydrogen) atoms. The van der Waals surface area contributed by atoms with Gasteiger partial charge in [-0.25, -0.2) is 4.57 Å². The van der Waals surface area contributed by atoms with Crippen molar-refractivity contribution in [1.29, 1.82) is 0 Å². The van der Waals surface area contributed by atoms with Crippen LogP contribution in [0.2, 0.25) is 0 Å². The van der Waals surface area contributed by atoms with Gasteiger partial charge in [-0.05, 0) is 64.2 Å². The summed E-state index contributed by atoms with van der Waals surface area (Å²) in [6, 6.07) is 0. The summed E-state index contributed by atoms with van der Waals surface area (Å²) in [4.78, 5) is 34.8. The van der Waals surface area contributed by atoms with Crippen molar-refractivity contribution in [2.45, 2.75) is 180 Å². The van der Waals surface area contributed by atoms with Gasteiger partial charge in [-0.15, -0.1) is 0 Å². The van der Waals surface area contributed by atoms with Gasteiger partial charge in [0.1, 0.15) is 12.7 Å². The summed E-state index contributed by atoms with van der Waals surface area (Å²) in [5.41, 5.74) is 0. The first-order valence-electron chi connectivity index (χ1n) is 19.9.